The van der Waals surface area contributed by atoms with Gasteiger partial charge in [0, 0.05) is 31.3 Å². The van der Waals surface area contributed by atoms with Gasteiger partial charge in [-0.25, -0.2) is 9.67 Å². The van der Waals surface area contributed by atoms with Gasteiger partial charge in [-0.2, -0.15) is 5.10 Å². The zero-order valence-electron chi connectivity index (χ0n) is 12.0. The molecule has 2 aromatic rings. The van der Waals surface area contributed by atoms with Gasteiger partial charge in [0.15, 0.2) is 0 Å². The van der Waals surface area contributed by atoms with Crippen LogP contribution in [0.2, 0.25) is 0 Å². The van der Waals surface area contributed by atoms with Gasteiger partial charge in [-0.15, -0.1) is 0 Å². The normalized spacial score (nSPS) is 10.8. The summed E-state index contributed by atoms with van der Waals surface area (Å²) in [4.78, 5) is 19.2. The van der Waals surface area contributed by atoms with Crippen LogP contribution in [0.15, 0.2) is 4.79 Å². The quantitative estimate of drug-likeness (QED) is 0.840. The van der Waals surface area contributed by atoms with Gasteiger partial charge in [0.25, 0.3) is 5.56 Å². The van der Waals surface area contributed by atoms with E-state index in [1.54, 1.807) is 25.8 Å². The lowest BCUT2D eigenvalue weighted by atomic mass is 10.1. The molecule has 2 aromatic heterocycles. The topological polar surface area (TPSA) is 93.0 Å². The number of aromatic nitrogens is 4. The highest BCUT2D eigenvalue weighted by atomic mass is 16.5. The van der Waals surface area contributed by atoms with Crippen molar-refractivity contribution in [2.45, 2.75) is 20.3 Å². The van der Waals surface area contributed by atoms with Gasteiger partial charge in [0.05, 0.1) is 12.8 Å². The lowest BCUT2D eigenvalue weighted by Gasteiger charge is -2.07. The number of ether oxygens (including phenoxy) is 1. The number of rotatable bonds is 4. The van der Waals surface area contributed by atoms with Crippen LogP contribution in [0.5, 0.6) is 5.88 Å². The second kappa shape index (κ2) is 5.46. The van der Waals surface area contributed by atoms with E-state index in [0.29, 0.717) is 28.5 Å². The zero-order valence-corrected chi connectivity index (χ0v) is 12.0. The summed E-state index contributed by atoms with van der Waals surface area (Å²) in [6, 6.07) is 0. The number of H-pyrrole nitrogens is 1. The molecule has 2 rings (SSSR count). The first-order chi connectivity index (χ1) is 9.49. The van der Waals surface area contributed by atoms with Crippen LogP contribution in [-0.4, -0.2) is 38.6 Å². The Morgan fingerprint density at radius 1 is 1.35 bits per heavy atom. The van der Waals surface area contributed by atoms with Gasteiger partial charge in [0.2, 0.25) is 5.88 Å². The maximum absolute atomic E-state index is 12.1. The van der Waals surface area contributed by atoms with Crippen LogP contribution < -0.4 is 10.3 Å². The number of nitrogens with one attached hydrogen (secondary N) is 1. The zero-order chi connectivity index (χ0) is 14.9. The smallest absolute Gasteiger partial charge is 0.254 e. The summed E-state index contributed by atoms with van der Waals surface area (Å²) >= 11 is 0. The third-order valence-electron chi connectivity index (χ3n) is 3.18. The van der Waals surface area contributed by atoms with Gasteiger partial charge in [-0.3, -0.25) is 4.79 Å². The fraction of sp³-hybridized carbons (Fsp3) is 0.462. The molecule has 7 heteroatoms. The third kappa shape index (κ3) is 2.32. The maximum Gasteiger partial charge on any atom is 0.254 e. The Labute approximate surface area is 116 Å². The summed E-state index contributed by atoms with van der Waals surface area (Å²) < 4.78 is 6.91. The number of aliphatic hydroxyl groups excluding tert-OH is 1. The molecular weight excluding hydrogens is 260 g/mol. The fourth-order valence-corrected chi connectivity index (χ4v) is 2.28. The van der Waals surface area contributed by atoms with Crippen molar-refractivity contribution in [3.63, 3.8) is 0 Å². The number of nitrogens with zero attached hydrogens (tertiary/aromatic N) is 3. The predicted octanol–water partition coefficient (Wildman–Crippen LogP) is 0.331. The molecule has 0 aliphatic heterocycles. The van der Waals surface area contributed by atoms with Crippen molar-refractivity contribution in [1.82, 2.24) is 19.7 Å². The van der Waals surface area contributed by atoms with Crippen LogP contribution in [0.25, 0.3) is 11.4 Å². The molecule has 0 aromatic carbocycles. The first-order valence-corrected chi connectivity index (χ1v) is 6.28. The minimum Gasteiger partial charge on any atom is -0.481 e. The van der Waals surface area contributed by atoms with Crippen molar-refractivity contribution in [3.05, 3.63) is 27.3 Å². The molecule has 2 heterocycles. The van der Waals surface area contributed by atoms with Gasteiger partial charge in [0.1, 0.15) is 11.4 Å². The Hall–Kier alpha value is -2.15. The second-order valence-electron chi connectivity index (χ2n) is 4.55. The van der Waals surface area contributed by atoms with E-state index >= 15 is 0 Å². The van der Waals surface area contributed by atoms with E-state index in [-0.39, 0.29) is 18.6 Å². The summed E-state index contributed by atoms with van der Waals surface area (Å²) in [6.07, 6.45) is 0.289. The monoisotopic (exact) mass is 278 g/mol. The number of hydrogen-bond donors (Lipinski definition) is 2. The van der Waals surface area contributed by atoms with Crippen LogP contribution >= 0.6 is 0 Å². The molecule has 7 nitrogen and oxygen atoms in total. The molecule has 0 saturated carbocycles. The molecule has 0 radical (unpaired) electrons. The second-order valence-corrected chi connectivity index (χ2v) is 4.55. The fourth-order valence-electron chi connectivity index (χ4n) is 2.28. The molecule has 0 bridgehead atoms. The van der Waals surface area contributed by atoms with Gasteiger partial charge >= 0.3 is 0 Å². The Balaban J connectivity index is 2.63. The lowest BCUT2D eigenvalue weighted by molar-refractivity contribution is 0.298. The highest BCUT2D eigenvalue weighted by Gasteiger charge is 2.19. The van der Waals surface area contributed by atoms with Crippen molar-refractivity contribution in [2.75, 3.05) is 13.7 Å². The SMILES string of the molecule is COc1c(-c2nc(C)c(CCO)c(=O)[nH]2)c(C)nn1C. The number of methoxy groups -OCH3 is 1. The van der Waals surface area contributed by atoms with Crippen LogP contribution in [0.1, 0.15) is 17.0 Å². The molecule has 0 fully saturated rings. The van der Waals surface area contributed by atoms with Crippen molar-refractivity contribution >= 4 is 0 Å². The molecule has 0 spiro atoms. The van der Waals surface area contributed by atoms with E-state index in [1.165, 1.54) is 0 Å². The molecule has 20 heavy (non-hydrogen) atoms. The van der Waals surface area contributed by atoms with E-state index in [0.717, 1.165) is 5.69 Å². The number of aryl methyl sites for hydroxylation is 3. The lowest BCUT2D eigenvalue weighted by Crippen LogP contribution is -2.18. The van der Waals surface area contributed by atoms with E-state index in [4.69, 9.17) is 9.84 Å². The average Bonchev–Trinajstić information content (AvgIpc) is 2.67. The summed E-state index contributed by atoms with van der Waals surface area (Å²) in [5.74, 6) is 0.969. The van der Waals surface area contributed by atoms with Gasteiger partial charge < -0.3 is 14.8 Å². The van der Waals surface area contributed by atoms with Crippen molar-refractivity contribution in [3.8, 4) is 17.3 Å². The molecule has 108 valence electrons. The first kappa shape index (κ1) is 14.3. The molecule has 0 aliphatic carbocycles. The van der Waals surface area contributed by atoms with E-state index in [1.807, 2.05) is 6.92 Å². The number of aromatic amines is 1. The molecule has 0 aliphatic rings. The van der Waals surface area contributed by atoms with E-state index in [2.05, 4.69) is 15.1 Å². The average molecular weight is 278 g/mol. The summed E-state index contributed by atoms with van der Waals surface area (Å²) in [7, 11) is 3.31. The van der Waals surface area contributed by atoms with E-state index < -0.39 is 0 Å². The molecule has 0 unspecified atom stereocenters. The minimum atomic E-state index is -0.244. The maximum atomic E-state index is 12.1. The Kier molecular flexibility index (Phi) is 3.89. The van der Waals surface area contributed by atoms with Crippen LogP contribution in [0.3, 0.4) is 0 Å². The highest BCUT2D eigenvalue weighted by Crippen LogP contribution is 2.29. The highest BCUT2D eigenvalue weighted by molar-refractivity contribution is 5.65. The molecule has 0 saturated heterocycles. The van der Waals surface area contributed by atoms with Crippen molar-refractivity contribution in [1.29, 1.82) is 0 Å². The van der Waals surface area contributed by atoms with Crippen LogP contribution in [-0.2, 0) is 13.5 Å². The summed E-state index contributed by atoms with van der Waals surface area (Å²) in [5, 5.41) is 13.2. The minimum absolute atomic E-state index is 0.0831. The summed E-state index contributed by atoms with van der Waals surface area (Å²) in [5.41, 5.74) is 2.25. The molecule has 0 atom stereocenters. The standard InChI is InChI=1S/C13H18N4O3/c1-7-9(5-6-18)12(19)15-11(14-7)10-8(2)16-17(3)13(10)20-4/h18H,5-6H2,1-4H3,(H,14,15,19). The Morgan fingerprint density at radius 3 is 2.60 bits per heavy atom. The van der Waals surface area contributed by atoms with E-state index in [9.17, 15) is 4.79 Å². The molecule has 2 N–H and O–H groups in total. The van der Waals surface area contributed by atoms with Crippen molar-refractivity contribution < 1.29 is 9.84 Å². The summed E-state index contributed by atoms with van der Waals surface area (Å²) in [6.45, 7) is 3.50. The first-order valence-electron chi connectivity index (χ1n) is 6.28. The van der Waals surface area contributed by atoms with Crippen molar-refractivity contribution in [2.24, 2.45) is 7.05 Å². The number of aliphatic hydroxyl groups is 1. The Morgan fingerprint density at radius 2 is 2.05 bits per heavy atom. The molecular formula is C13H18N4O3. The van der Waals surface area contributed by atoms with Gasteiger partial charge in [-0.05, 0) is 13.8 Å². The molecule has 0 amide bonds. The number of hydrogen-bond acceptors (Lipinski definition) is 5. The van der Waals surface area contributed by atoms with Crippen LogP contribution in [0, 0.1) is 13.8 Å². The van der Waals surface area contributed by atoms with Crippen LogP contribution in [0.4, 0.5) is 0 Å². The van der Waals surface area contributed by atoms with Gasteiger partial charge in [-0.1, -0.05) is 0 Å². The third-order valence-corrected chi connectivity index (χ3v) is 3.18. The largest absolute Gasteiger partial charge is 0.481 e. The predicted molar refractivity (Wildman–Crippen MR) is 73.9 cm³/mol. The Bertz CT molecular complexity index is 688.